The normalized spacial score (nSPS) is 18.7. The predicted molar refractivity (Wildman–Crippen MR) is 83.5 cm³/mol. The first kappa shape index (κ1) is 14.9. The molecule has 1 aliphatic heterocycles. The zero-order valence-electron chi connectivity index (χ0n) is 12.4. The molecule has 1 aromatic rings. The van der Waals surface area contributed by atoms with Crippen LogP contribution in [0.3, 0.4) is 0 Å². The van der Waals surface area contributed by atoms with Gasteiger partial charge in [0.05, 0.1) is 6.04 Å². The molecule has 4 nitrogen and oxygen atoms in total. The third kappa shape index (κ3) is 3.73. The first-order valence-electron chi connectivity index (χ1n) is 7.50. The number of rotatable bonds is 4. The molecular formula is C16H25N3O. The molecule has 4 heteroatoms. The highest BCUT2D eigenvalue weighted by Gasteiger charge is 2.25. The van der Waals surface area contributed by atoms with E-state index in [1.807, 2.05) is 25.1 Å². The molecule has 1 aromatic carbocycles. The summed E-state index contributed by atoms with van der Waals surface area (Å²) in [6.45, 7) is 6.26. The Bertz CT molecular complexity index is 453. The van der Waals surface area contributed by atoms with Gasteiger partial charge in [0.15, 0.2) is 0 Å². The molecule has 1 unspecified atom stereocenters. The number of benzene rings is 1. The van der Waals surface area contributed by atoms with Crippen LogP contribution in [0.2, 0.25) is 0 Å². The van der Waals surface area contributed by atoms with Crippen molar-refractivity contribution < 1.29 is 4.79 Å². The maximum absolute atomic E-state index is 12.3. The molecule has 1 fully saturated rings. The van der Waals surface area contributed by atoms with Gasteiger partial charge in [0.25, 0.3) is 0 Å². The molecular weight excluding hydrogens is 250 g/mol. The van der Waals surface area contributed by atoms with E-state index in [1.54, 1.807) is 6.07 Å². The van der Waals surface area contributed by atoms with E-state index in [-0.39, 0.29) is 11.9 Å². The molecule has 0 bridgehead atoms. The highest BCUT2D eigenvalue weighted by molar-refractivity contribution is 5.94. The quantitative estimate of drug-likeness (QED) is 0.831. The second kappa shape index (κ2) is 6.75. The second-order valence-corrected chi connectivity index (χ2v) is 5.68. The van der Waals surface area contributed by atoms with E-state index in [0.29, 0.717) is 5.69 Å². The van der Waals surface area contributed by atoms with Gasteiger partial charge in [-0.25, -0.2) is 0 Å². The maximum atomic E-state index is 12.3. The van der Waals surface area contributed by atoms with Crippen LogP contribution >= 0.6 is 0 Å². The van der Waals surface area contributed by atoms with Crippen molar-refractivity contribution in [3.63, 3.8) is 0 Å². The monoisotopic (exact) mass is 275 g/mol. The standard InChI is InChI=1S/C16H25N3O/c1-3-13-7-9-19(10-8-13)12(2)16(20)18-15-6-4-5-14(17)11-15/h4-6,11-13H,3,7-10,17H2,1-2H3,(H,18,20). The average Bonchev–Trinajstić information content (AvgIpc) is 2.46. The van der Waals surface area contributed by atoms with Gasteiger partial charge in [-0.15, -0.1) is 0 Å². The highest BCUT2D eigenvalue weighted by atomic mass is 16.2. The number of likely N-dealkylation sites (tertiary alicyclic amines) is 1. The van der Waals surface area contributed by atoms with Crippen LogP contribution in [0.4, 0.5) is 11.4 Å². The van der Waals surface area contributed by atoms with Crippen LogP contribution in [0.1, 0.15) is 33.1 Å². The van der Waals surface area contributed by atoms with Crippen molar-refractivity contribution in [2.24, 2.45) is 5.92 Å². The van der Waals surface area contributed by atoms with Gasteiger partial charge in [-0.1, -0.05) is 19.4 Å². The highest BCUT2D eigenvalue weighted by Crippen LogP contribution is 2.22. The van der Waals surface area contributed by atoms with Crippen molar-refractivity contribution in [2.75, 3.05) is 24.1 Å². The lowest BCUT2D eigenvalue weighted by Gasteiger charge is -2.35. The first-order chi connectivity index (χ1) is 9.60. The lowest BCUT2D eigenvalue weighted by molar-refractivity contribution is -0.121. The van der Waals surface area contributed by atoms with Crippen LogP contribution in [-0.2, 0) is 4.79 Å². The molecule has 1 saturated heterocycles. The third-order valence-corrected chi connectivity index (χ3v) is 4.31. The van der Waals surface area contributed by atoms with Crippen LogP contribution in [0.15, 0.2) is 24.3 Å². The lowest BCUT2D eigenvalue weighted by atomic mass is 9.93. The number of carbonyl (C=O) groups excluding carboxylic acids is 1. The first-order valence-corrected chi connectivity index (χ1v) is 7.50. The van der Waals surface area contributed by atoms with Gasteiger partial charge in [0.2, 0.25) is 5.91 Å². The van der Waals surface area contributed by atoms with Gasteiger partial charge in [-0.2, -0.15) is 0 Å². The number of nitrogens with two attached hydrogens (primary N) is 1. The number of carbonyl (C=O) groups is 1. The molecule has 1 aliphatic rings. The number of hydrogen-bond donors (Lipinski definition) is 2. The van der Waals surface area contributed by atoms with Crippen LogP contribution in [0, 0.1) is 5.92 Å². The van der Waals surface area contributed by atoms with E-state index in [0.717, 1.165) is 24.7 Å². The number of anilines is 2. The van der Waals surface area contributed by atoms with Crippen molar-refractivity contribution in [3.05, 3.63) is 24.3 Å². The Balaban J connectivity index is 1.89. The summed E-state index contributed by atoms with van der Waals surface area (Å²) in [6, 6.07) is 7.23. The number of piperidine rings is 1. The van der Waals surface area contributed by atoms with E-state index >= 15 is 0 Å². The topological polar surface area (TPSA) is 58.4 Å². The molecule has 0 aliphatic carbocycles. The summed E-state index contributed by atoms with van der Waals surface area (Å²) in [7, 11) is 0. The molecule has 1 atom stereocenters. The molecule has 1 heterocycles. The molecule has 0 aromatic heterocycles. The fraction of sp³-hybridized carbons (Fsp3) is 0.562. The van der Waals surface area contributed by atoms with E-state index in [4.69, 9.17) is 5.73 Å². The van der Waals surface area contributed by atoms with Crippen LogP contribution < -0.4 is 11.1 Å². The molecule has 110 valence electrons. The number of nitrogens with one attached hydrogen (secondary N) is 1. The minimum atomic E-state index is -0.0887. The van der Waals surface area contributed by atoms with Crippen molar-refractivity contribution in [2.45, 2.75) is 39.2 Å². The van der Waals surface area contributed by atoms with E-state index in [1.165, 1.54) is 19.3 Å². The molecule has 0 spiro atoms. The van der Waals surface area contributed by atoms with Gasteiger partial charge in [0.1, 0.15) is 0 Å². The van der Waals surface area contributed by atoms with Gasteiger partial charge >= 0.3 is 0 Å². The summed E-state index contributed by atoms with van der Waals surface area (Å²) in [4.78, 5) is 14.6. The zero-order chi connectivity index (χ0) is 14.5. The number of nitrogen functional groups attached to an aromatic ring is 1. The van der Waals surface area contributed by atoms with E-state index in [2.05, 4.69) is 17.1 Å². The van der Waals surface area contributed by atoms with Crippen LogP contribution in [-0.4, -0.2) is 29.9 Å². The van der Waals surface area contributed by atoms with Gasteiger partial charge in [-0.3, -0.25) is 9.69 Å². The summed E-state index contributed by atoms with van der Waals surface area (Å²) < 4.78 is 0. The minimum absolute atomic E-state index is 0.0468. The van der Waals surface area contributed by atoms with Crippen molar-refractivity contribution >= 4 is 17.3 Å². The Labute approximate surface area is 121 Å². The maximum Gasteiger partial charge on any atom is 0.241 e. The SMILES string of the molecule is CCC1CCN(C(C)C(=O)Nc2cccc(N)c2)CC1. The molecule has 0 saturated carbocycles. The largest absolute Gasteiger partial charge is 0.399 e. The van der Waals surface area contributed by atoms with E-state index < -0.39 is 0 Å². The summed E-state index contributed by atoms with van der Waals surface area (Å²) in [5, 5.41) is 2.94. The third-order valence-electron chi connectivity index (χ3n) is 4.31. The Hall–Kier alpha value is -1.55. The average molecular weight is 275 g/mol. The molecule has 2 rings (SSSR count). The lowest BCUT2D eigenvalue weighted by Crippen LogP contribution is -2.46. The Morgan fingerprint density at radius 3 is 2.75 bits per heavy atom. The van der Waals surface area contributed by atoms with Crippen molar-refractivity contribution in [3.8, 4) is 0 Å². The molecule has 1 amide bonds. The fourth-order valence-electron chi connectivity index (χ4n) is 2.78. The van der Waals surface area contributed by atoms with Crippen LogP contribution in [0.25, 0.3) is 0 Å². The number of hydrogen-bond acceptors (Lipinski definition) is 3. The smallest absolute Gasteiger partial charge is 0.241 e. The zero-order valence-corrected chi connectivity index (χ0v) is 12.4. The van der Waals surface area contributed by atoms with Gasteiger partial charge < -0.3 is 11.1 Å². The van der Waals surface area contributed by atoms with E-state index in [9.17, 15) is 4.79 Å². The minimum Gasteiger partial charge on any atom is -0.399 e. The summed E-state index contributed by atoms with van der Waals surface area (Å²) in [6.07, 6.45) is 3.65. The van der Waals surface area contributed by atoms with Crippen LogP contribution in [0.5, 0.6) is 0 Å². The van der Waals surface area contributed by atoms with Gasteiger partial charge in [-0.05, 0) is 57.0 Å². The summed E-state index contributed by atoms with van der Waals surface area (Å²) >= 11 is 0. The fourth-order valence-corrected chi connectivity index (χ4v) is 2.78. The molecule has 20 heavy (non-hydrogen) atoms. The molecule has 0 radical (unpaired) electrons. The van der Waals surface area contributed by atoms with Crippen molar-refractivity contribution in [1.29, 1.82) is 0 Å². The Morgan fingerprint density at radius 2 is 2.15 bits per heavy atom. The predicted octanol–water partition coefficient (Wildman–Crippen LogP) is 2.72. The summed E-state index contributed by atoms with van der Waals surface area (Å²) in [5.74, 6) is 0.876. The Morgan fingerprint density at radius 1 is 1.45 bits per heavy atom. The summed E-state index contributed by atoms with van der Waals surface area (Å²) in [5.41, 5.74) is 7.16. The Kier molecular flexibility index (Phi) is 5.01. The number of nitrogens with zero attached hydrogens (tertiary/aromatic N) is 1. The number of amides is 1. The second-order valence-electron chi connectivity index (χ2n) is 5.68. The molecule has 3 N–H and O–H groups in total. The van der Waals surface area contributed by atoms with Crippen molar-refractivity contribution in [1.82, 2.24) is 4.90 Å². The van der Waals surface area contributed by atoms with Gasteiger partial charge in [0, 0.05) is 11.4 Å².